The summed E-state index contributed by atoms with van der Waals surface area (Å²) in [6, 6.07) is 14.1. The van der Waals surface area contributed by atoms with Crippen LogP contribution >= 0.6 is 0 Å². The third kappa shape index (κ3) is 4.72. The van der Waals surface area contributed by atoms with Crippen LogP contribution in [0, 0.1) is 12.7 Å². The van der Waals surface area contributed by atoms with Gasteiger partial charge in [0.25, 0.3) is 5.91 Å². The number of carbonyl (C=O) groups excluding carboxylic acids is 2. The van der Waals surface area contributed by atoms with Crippen LogP contribution in [-0.2, 0) is 0 Å². The number of halogens is 1. The molecule has 6 nitrogen and oxygen atoms in total. The van der Waals surface area contributed by atoms with Crippen LogP contribution in [0.4, 0.5) is 21.6 Å². The van der Waals surface area contributed by atoms with Crippen molar-refractivity contribution >= 4 is 28.9 Å². The van der Waals surface area contributed by atoms with Gasteiger partial charge in [0, 0.05) is 23.0 Å². The zero-order chi connectivity index (χ0) is 19.4. The van der Waals surface area contributed by atoms with E-state index in [1.54, 1.807) is 37.3 Å². The Morgan fingerprint density at radius 3 is 2.44 bits per heavy atom. The van der Waals surface area contributed by atoms with Crippen molar-refractivity contribution in [2.24, 2.45) is 0 Å². The average molecular weight is 364 g/mol. The van der Waals surface area contributed by atoms with Crippen LogP contribution in [0.15, 0.2) is 54.6 Å². The third-order valence-corrected chi connectivity index (χ3v) is 3.69. The maximum absolute atomic E-state index is 13.3. The average Bonchev–Trinajstić information content (AvgIpc) is 2.61. The van der Waals surface area contributed by atoms with Crippen molar-refractivity contribution in [2.45, 2.75) is 13.8 Å². The normalized spacial score (nSPS) is 10.3. The molecule has 3 rings (SSSR count). The highest BCUT2D eigenvalue weighted by Gasteiger charge is 2.12. The van der Waals surface area contributed by atoms with Gasteiger partial charge in [-0.2, -0.15) is 0 Å². The molecule has 3 aromatic rings. The monoisotopic (exact) mass is 364 g/mol. The first-order chi connectivity index (χ1) is 12.9. The smallest absolute Gasteiger partial charge is 0.274 e. The van der Waals surface area contributed by atoms with Crippen molar-refractivity contribution in [3.63, 3.8) is 0 Å². The van der Waals surface area contributed by atoms with Gasteiger partial charge in [-0.3, -0.25) is 9.59 Å². The third-order valence-electron chi connectivity index (χ3n) is 3.69. The van der Waals surface area contributed by atoms with E-state index in [-0.39, 0.29) is 11.5 Å². The first kappa shape index (κ1) is 18.2. The SMILES string of the molecule is CC(=O)c1cccc(Nc2cc(C(=O)Nc3cccc(F)c3)nc(C)n2)c1. The second-order valence-electron chi connectivity index (χ2n) is 5.91. The van der Waals surface area contributed by atoms with Crippen LogP contribution in [0.3, 0.4) is 0 Å². The topological polar surface area (TPSA) is 84.0 Å². The molecule has 1 aromatic heterocycles. The van der Waals surface area contributed by atoms with Crippen LogP contribution in [-0.4, -0.2) is 21.7 Å². The summed E-state index contributed by atoms with van der Waals surface area (Å²) in [6.07, 6.45) is 0. The van der Waals surface area contributed by atoms with Gasteiger partial charge in [-0.15, -0.1) is 0 Å². The maximum atomic E-state index is 13.3. The quantitative estimate of drug-likeness (QED) is 0.665. The molecule has 1 heterocycles. The number of rotatable bonds is 5. The highest BCUT2D eigenvalue weighted by atomic mass is 19.1. The van der Waals surface area contributed by atoms with E-state index < -0.39 is 11.7 Å². The number of nitrogens with one attached hydrogen (secondary N) is 2. The predicted molar refractivity (Wildman–Crippen MR) is 101 cm³/mol. The number of hydrogen-bond donors (Lipinski definition) is 2. The number of Topliss-reactive ketones (excluding diaryl/α,β-unsaturated/α-hetero) is 1. The number of carbonyl (C=O) groups is 2. The summed E-state index contributed by atoms with van der Waals surface area (Å²) in [5, 5.41) is 5.66. The molecule has 1 amide bonds. The number of hydrogen-bond acceptors (Lipinski definition) is 5. The van der Waals surface area contributed by atoms with Crippen molar-refractivity contribution in [1.82, 2.24) is 9.97 Å². The Balaban J connectivity index is 1.82. The Kier molecular flexibility index (Phi) is 5.21. The molecule has 7 heteroatoms. The number of benzene rings is 2. The Hall–Kier alpha value is -3.61. The lowest BCUT2D eigenvalue weighted by molar-refractivity contribution is 0.101. The fourth-order valence-electron chi connectivity index (χ4n) is 2.47. The number of nitrogens with zero attached hydrogens (tertiary/aromatic N) is 2. The summed E-state index contributed by atoms with van der Waals surface area (Å²) in [7, 11) is 0. The van der Waals surface area contributed by atoms with Gasteiger partial charge in [0.1, 0.15) is 23.2 Å². The summed E-state index contributed by atoms with van der Waals surface area (Å²) in [4.78, 5) is 32.3. The standard InChI is InChI=1S/C20H17FN4O2/c1-12(26)14-5-3-7-16(9-14)24-19-11-18(22-13(2)23-19)20(27)25-17-8-4-6-15(21)10-17/h3-11H,1-2H3,(H,25,27)(H,22,23,24). The van der Waals surface area contributed by atoms with Gasteiger partial charge < -0.3 is 10.6 Å². The highest BCUT2D eigenvalue weighted by molar-refractivity contribution is 6.03. The molecule has 0 aliphatic carbocycles. The van der Waals surface area contributed by atoms with Crippen LogP contribution in [0.1, 0.15) is 33.6 Å². The number of ketones is 1. The van der Waals surface area contributed by atoms with Gasteiger partial charge in [0.2, 0.25) is 0 Å². The second kappa shape index (κ2) is 7.74. The Bertz CT molecular complexity index is 1020. The van der Waals surface area contributed by atoms with E-state index in [1.807, 2.05) is 0 Å². The minimum absolute atomic E-state index is 0.0484. The van der Waals surface area contributed by atoms with Crippen molar-refractivity contribution in [2.75, 3.05) is 10.6 Å². The van der Waals surface area contributed by atoms with Gasteiger partial charge in [-0.25, -0.2) is 14.4 Å². The fraction of sp³-hybridized carbons (Fsp3) is 0.100. The molecule has 0 radical (unpaired) electrons. The predicted octanol–water partition coefficient (Wildman–Crippen LogP) is 4.12. The van der Waals surface area contributed by atoms with E-state index in [9.17, 15) is 14.0 Å². The lowest BCUT2D eigenvalue weighted by Gasteiger charge is -2.10. The molecule has 0 spiro atoms. The van der Waals surface area contributed by atoms with E-state index in [1.165, 1.54) is 31.2 Å². The van der Waals surface area contributed by atoms with E-state index in [4.69, 9.17) is 0 Å². The van der Waals surface area contributed by atoms with E-state index in [0.717, 1.165) is 0 Å². The number of aryl methyl sites for hydroxylation is 1. The first-order valence-electron chi connectivity index (χ1n) is 8.21. The molecule has 0 aliphatic heterocycles. The van der Waals surface area contributed by atoms with Crippen LogP contribution in [0.5, 0.6) is 0 Å². The Morgan fingerprint density at radius 2 is 1.70 bits per heavy atom. The summed E-state index contributed by atoms with van der Waals surface area (Å²) >= 11 is 0. The molecule has 0 bridgehead atoms. The zero-order valence-corrected chi connectivity index (χ0v) is 14.8. The van der Waals surface area contributed by atoms with Gasteiger partial charge in [-0.05, 0) is 44.2 Å². The van der Waals surface area contributed by atoms with E-state index in [2.05, 4.69) is 20.6 Å². The van der Waals surface area contributed by atoms with Crippen molar-refractivity contribution in [3.05, 3.63) is 77.5 Å². The lowest BCUT2D eigenvalue weighted by atomic mass is 10.1. The molecule has 136 valence electrons. The first-order valence-corrected chi connectivity index (χ1v) is 8.21. The van der Waals surface area contributed by atoms with E-state index in [0.29, 0.717) is 28.6 Å². The summed E-state index contributed by atoms with van der Waals surface area (Å²) in [5.41, 5.74) is 1.70. The zero-order valence-electron chi connectivity index (χ0n) is 14.8. The van der Waals surface area contributed by atoms with Crippen molar-refractivity contribution < 1.29 is 14.0 Å². The van der Waals surface area contributed by atoms with Crippen molar-refractivity contribution in [1.29, 1.82) is 0 Å². The summed E-state index contributed by atoms with van der Waals surface area (Å²) in [6.45, 7) is 3.15. The van der Waals surface area contributed by atoms with Crippen LogP contribution < -0.4 is 10.6 Å². The van der Waals surface area contributed by atoms with Gasteiger partial charge in [0.15, 0.2) is 5.78 Å². The molecule has 0 saturated heterocycles. The molecule has 0 atom stereocenters. The van der Waals surface area contributed by atoms with Crippen LogP contribution in [0.25, 0.3) is 0 Å². The summed E-state index contributed by atoms with van der Waals surface area (Å²) < 4.78 is 13.3. The van der Waals surface area contributed by atoms with Gasteiger partial charge in [-0.1, -0.05) is 18.2 Å². The Labute approximate surface area is 155 Å². The molecule has 2 aromatic carbocycles. The van der Waals surface area contributed by atoms with Gasteiger partial charge >= 0.3 is 0 Å². The molecule has 2 N–H and O–H groups in total. The Morgan fingerprint density at radius 1 is 0.963 bits per heavy atom. The van der Waals surface area contributed by atoms with Gasteiger partial charge in [0.05, 0.1) is 0 Å². The molecule has 0 fully saturated rings. The molecular weight excluding hydrogens is 347 g/mol. The second-order valence-corrected chi connectivity index (χ2v) is 5.91. The number of amides is 1. The molecule has 0 aliphatic rings. The van der Waals surface area contributed by atoms with Crippen LogP contribution in [0.2, 0.25) is 0 Å². The van der Waals surface area contributed by atoms with Crippen molar-refractivity contribution in [3.8, 4) is 0 Å². The highest BCUT2D eigenvalue weighted by Crippen LogP contribution is 2.18. The molecule has 0 unspecified atom stereocenters. The summed E-state index contributed by atoms with van der Waals surface area (Å²) in [5.74, 6) is -0.168. The maximum Gasteiger partial charge on any atom is 0.274 e. The minimum atomic E-state index is -0.480. The molecule has 0 saturated carbocycles. The van der Waals surface area contributed by atoms with E-state index >= 15 is 0 Å². The molecule has 27 heavy (non-hydrogen) atoms. The molecular formula is C20H17FN4O2. The largest absolute Gasteiger partial charge is 0.340 e. The number of anilines is 3. The lowest BCUT2D eigenvalue weighted by Crippen LogP contribution is -2.15. The fourth-order valence-corrected chi connectivity index (χ4v) is 2.47. The minimum Gasteiger partial charge on any atom is -0.340 e. The number of aromatic nitrogens is 2.